The number of aliphatic hydroxyl groups is 2. The van der Waals surface area contributed by atoms with E-state index in [4.69, 9.17) is 4.74 Å². The molecule has 4 N–H and O–H groups in total. The number of ether oxygens (including phenoxy) is 1. The van der Waals surface area contributed by atoms with Gasteiger partial charge in [-0.25, -0.2) is 4.98 Å². The predicted molar refractivity (Wildman–Crippen MR) is 185 cm³/mol. The van der Waals surface area contributed by atoms with E-state index >= 15 is 0 Å². The molecule has 1 aliphatic heterocycles. The molecular weight excluding hydrogens is 606 g/mol. The summed E-state index contributed by atoms with van der Waals surface area (Å²) in [5.74, 6) is -0.227. The molecule has 258 valence electrons. The summed E-state index contributed by atoms with van der Waals surface area (Å²) in [5.41, 5.74) is 3.59. The molecule has 3 aromatic rings. The molecule has 1 saturated heterocycles. The van der Waals surface area contributed by atoms with E-state index in [1.54, 1.807) is 0 Å². The predicted octanol–water partition coefficient (Wildman–Crippen LogP) is 3.27. The Morgan fingerprint density at radius 2 is 1.77 bits per heavy atom. The monoisotopic (exact) mass is 657 g/mol. The largest absolute Gasteiger partial charge is 0.478 e. The molecule has 2 aromatic carbocycles. The number of benzene rings is 2. The van der Waals surface area contributed by atoms with E-state index in [9.17, 15) is 19.8 Å². The zero-order chi connectivity index (χ0) is 34.3. The minimum atomic E-state index is -0.850. The van der Waals surface area contributed by atoms with Gasteiger partial charge in [0.05, 0.1) is 24.9 Å². The highest BCUT2D eigenvalue weighted by Crippen LogP contribution is 2.32. The van der Waals surface area contributed by atoms with E-state index in [1.807, 2.05) is 106 Å². The maximum absolute atomic E-state index is 13.9. The van der Waals surface area contributed by atoms with Crippen molar-refractivity contribution < 1.29 is 24.5 Å². The Morgan fingerprint density at radius 3 is 2.48 bits per heavy atom. The molecule has 5 rings (SSSR count). The van der Waals surface area contributed by atoms with E-state index in [-0.39, 0.29) is 24.8 Å². The standard InChI is InChI=1S/C38H51N5O5/c1-5-48-34-16-15-27(22-39-34)23-42-17-18-43(32(25-42)37(47)41-38(2,3)4)24-30(44)20-29(19-26-11-7-6-8-12-26)36(46)40-35-31-14-10-9-13-28(31)21-33(35)45/h6-16,22,29-30,32-33,35,44-45H,5,17-21,23-25H2,1-4H3,(H,40,46)(H,41,47)/t29-,30+,32+,33-,35+/m1/s1. The fourth-order valence-electron chi connectivity index (χ4n) is 6.81. The van der Waals surface area contributed by atoms with Crippen LogP contribution >= 0.6 is 0 Å². The number of carbonyl (C=O) groups is 2. The maximum atomic E-state index is 13.9. The first kappa shape index (κ1) is 35.5. The van der Waals surface area contributed by atoms with Gasteiger partial charge in [-0.15, -0.1) is 0 Å². The first-order valence-corrected chi connectivity index (χ1v) is 17.1. The summed E-state index contributed by atoms with van der Waals surface area (Å²) in [5, 5.41) is 28.6. The third-order valence-corrected chi connectivity index (χ3v) is 9.07. The molecule has 0 bridgehead atoms. The topological polar surface area (TPSA) is 127 Å². The fraction of sp³-hybridized carbons (Fsp3) is 0.500. The van der Waals surface area contributed by atoms with Crippen LogP contribution in [0.4, 0.5) is 0 Å². The summed E-state index contributed by atoms with van der Waals surface area (Å²) in [6, 6.07) is 20.5. The van der Waals surface area contributed by atoms with Gasteiger partial charge in [-0.2, -0.15) is 0 Å². The molecule has 2 heterocycles. The average molecular weight is 658 g/mol. The van der Waals surface area contributed by atoms with Gasteiger partial charge in [0, 0.05) is 62.9 Å². The molecule has 0 saturated carbocycles. The summed E-state index contributed by atoms with van der Waals surface area (Å²) in [4.78, 5) is 36.2. The molecule has 5 atom stereocenters. The number of fused-ring (bicyclic) bond motifs is 1. The Kier molecular flexibility index (Phi) is 11.9. The molecule has 0 radical (unpaired) electrons. The number of carbonyl (C=O) groups excluding carboxylic acids is 2. The van der Waals surface area contributed by atoms with E-state index in [0.717, 1.165) is 22.3 Å². The molecule has 2 amide bonds. The number of hydrogen-bond acceptors (Lipinski definition) is 8. The van der Waals surface area contributed by atoms with Crippen molar-refractivity contribution in [3.05, 3.63) is 95.2 Å². The summed E-state index contributed by atoms with van der Waals surface area (Å²) in [7, 11) is 0. The number of β-amino-alcohol motifs (C(OH)–C–C–N with tert-alkyl or cyclic N) is 1. The lowest BCUT2D eigenvalue weighted by atomic mass is 9.91. The van der Waals surface area contributed by atoms with E-state index in [1.165, 1.54) is 0 Å². The minimum Gasteiger partial charge on any atom is -0.478 e. The molecule has 10 nitrogen and oxygen atoms in total. The quantitative estimate of drug-likeness (QED) is 0.221. The second-order valence-corrected chi connectivity index (χ2v) is 14.2. The third kappa shape index (κ3) is 9.63. The van der Waals surface area contributed by atoms with Crippen molar-refractivity contribution >= 4 is 11.8 Å². The molecular formula is C38H51N5O5. The first-order valence-electron chi connectivity index (χ1n) is 17.1. The van der Waals surface area contributed by atoms with Crippen LogP contribution in [-0.4, -0.2) is 93.4 Å². The van der Waals surface area contributed by atoms with Gasteiger partial charge in [0.1, 0.15) is 6.04 Å². The number of pyridine rings is 1. The van der Waals surface area contributed by atoms with Gasteiger partial charge in [0.2, 0.25) is 17.7 Å². The van der Waals surface area contributed by atoms with E-state index in [0.29, 0.717) is 51.5 Å². The molecule has 1 aromatic heterocycles. The third-order valence-electron chi connectivity index (χ3n) is 9.07. The summed E-state index contributed by atoms with van der Waals surface area (Å²) < 4.78 is 5.48. The Labute approximate surface area is 284 Å². The number of nitrogens with zero attached hydrogens (tertiary/aromatic N) is 3. The van der Waals surface area contributed by atoms with Crippen LogP contribution in [0, 0.1) is 5.92 Å². The van der Waals surface area contributed by atoms with Crippen LogP contribution in [0.3, 0.4) is 0 Å². The van der Waals surface area contributed by atoms with Crippen molar-refractivity contribution in [1.82, 2.24) is 25.4 Å². The van der Waals surface area contributed by atoms with Gasteiger partial charge in [-0.05, 0) is 62.8 Å². The normalized spacial score (nSPS) is 21.2. The van der Waals surface area contributed by atoms with Gasteiger partial charge >= 0.3 is 0 Å². The minimum absolute atomic E-state index is 0.0864. The van der Waals surface area contributed by atoms with Gasteiger partial charge in [0.25, 0.3) is 0 Å². The van der Waals surface area contributed by atoms with Crippen LogP contribution < -0.4 is 15.4 Å². The molecule has 48 heavy (non-hydrogen) atoms. The molecule has 10 heteroatoms. The summed E-state index contributed by atoms with van der Waals surface area (Å²) >= 11 is 0. The van der Waals surface area contributed by atoms with Gasteiger partial charge in [-0.3, -0.25) is 19.4 Å². The molecule has 1 fully saturated rings. The zero-order valence-electron chi connectivity index (χ0n) is 28.6. The number of rotatable bonds is 13. The highest BCUT2D eigenvalue weighted by atomic mass is 16.5. The van der Waals surface area contributed by atoms with Crippen LogP contribution in [0.1, 0.15) is 62.4 Å². The second-order valence-electron chi connectivity index (χ2n) is 14.2. The van der Waals surface area contributed by atoms with Crippen molar-refractivity contribution in [2.24, 2.45) is 5.92 Å². The first-order chi connectivity index (χ1) is 23.0. The zero-order valence-corrected chi connectivity index (χ0v) is 28.6. The van der Waals surface area contributed by atoms with Crippen LogP contribution in [0.2, 0.25) is 0 Å². The summed E-state index contributed by atoms with van der Waals surface area (Å²) in [6.07, 6.45) is 1.42. The van der Waals surface area contributed by atoms with Crippen molar-refractivity contribution in [2.75, 3.05) is 32.8 Å². The fourth-order valence-corrected chi connectivity index (χ4v) is 6.81. The lowest BCUT2D eigenvalue weighted by Crippen LogP contribution is -2.61. The van der Waals surface area contributed by atoms with Gasteiger partial charge in [-0.1, -0.05) is 60.7 Å². The number of hydrogen-bond donors (Lipinski definition) is 4. The van der Waals surface area contributed by atoms with Crippen LogP contribution in [0.15, 0.2) is 72.9 Å². The SMILES string of the molecule is CCOc1ccc(CN2CCN(C[C@@H](O)C[C@@H](Cc3ccccc3)C(=O)N[C@H]3c4ccccc4C[C@H]3O)[C@H](C(=O)NC(C)(C)C)C2)cn1. The van der Waals surface area contributed by atoms with Gasteiger partial charge < -0.3 is 25.6 Å². The van der Waals surface area contributed by atoms with Crippen molar-refractivity contribution in [1.29, 1.82) is 0 Å². The number of amides is 2. The van der Waals surface area contributed by atoms with Crippen molar-refractivity contribution in [3.63, 3.8) is 0 Å². The van der Waals surface area contributed by atoms with Gasteiger partial charge in [0.15, 0.2) is 0 Å². The second kappa shape index (κ2) is 16.0. The number of aromatic nitrogens is 1. The van der Waals surface area contributed by atoms with Crippen LogP contribution in [0.25, 0.3) is 0 Å². The Morgan fingerprint density at radius 1 is 1.02 bits per heavy atom. The summed E-state index contributed by atoms with van der Waals surface area (Å²) in [6.45, 7) is 11.1. The lowest BCUT2D eigenvalue weighted by molar-refractivity contribution is -0.132. The molecule has 2 aliphatic rings. The maximum Gasteiger partial charge on any atom is 0.239 e. The highest BCUT2D eigenvalue weighted by Gasteiger charge is 2.37. The Balaban J connectivity index is 1.27. The number of nitrogens with one attached hydrogen (secondary N) is 2. The van der Waals surface area contributed by atoms with E-state index < -0.39 is 35.7 Å². The van der Waals surface area contributed by atoms with Crippen LogP contribution in [0.5, 0.6) is 5.88 Å². The molecule has 1 aliphatic carbocycles. The van der Waals surface area contributed by atoms with E-state index in [2.05, 4.69) is 20.5 Å². The molecule has 0 spiro atoms. The lowest BCUT2D eigenvalue weighted by Gasteiger charge is -2.42. The highest BCUT2D eigenvalue weighted by molar-refractivity contribution is 5.83. The Hall–Kier alpha value is -3.83. The molecule has 0 unspecified atom stereocenters. The van der Waals surface area contributed by atoms with Crippen molar-refractivity contribution in [2.45, 2.75) is 83.3 Å². The number of aliphatic hydroxyl groups excluding tert-OH is 2. The van der Waals surface area contributed by atoms with Crippen molar-refractivity contribution in [3.8, 4) is 5.88 Å². The van der Waals surface area contributed by atoms with Crippen LogP contribution in [-0.2, 0) is 29.0 Å². The smallest absolute Gasteiger partial charge is 0.239 e. The Bertz CT molecular complexity index is 1500. The average Bonchev–Trinajstić information content (AvgIpc) is 3.36. The number of piperazine rings is 1.